The molecular weight excluding hydrogens is 276 g/mol. The molecule has 0 bridgehead atoms. The normalized spacial score (nSPS) is 18.9. The van der Waals surface area contributed by atoms with Crippen LogP contribution >= 0.6 is 11.3 Å². The van der Waals surface area contributed by atoms with Crippen LogP contribution in [0.25, 0.3) is 0 Å². The summed E-state index contributed by atoms with van der Waals surface area (Å²) in [6, 6.07) is 8.53. The van der Waals surface area contributed by atoms with Crippen molar-refractivity contribution in [2.24, 2.45) is 15.3 Å². The Hall–Kier alpha value is -2.48. The van der Waals surface area contributed by atoms with Gasteiger partial charge in [0.25, 0.3) is 11.0 Å². The second kappa shape index (κ2) is 5.25. The largest absolute Gasteiger partial charge is 0.280 e. The maximum Gasteiger partial charge on any atom is 0.280 e. The van der Waals surface area contributed by atoms with Gasteiger partial charge in [0.1, 0.15) is 5.51 Å². The lowest BCUT2D eigenvalue weighted by atomic mass is 10.2. The number of anilines is 1. The molecule has 0 radical (unpaired) electrons. The van der Waals surface area contributed by atoms with E-state index in [0.29, 0.717) is 16.5 Å². The summed E-state index contributed by atoms with van der Waals surface area (Å²) in [5, 5.41) is 21.3. The maximum atomic E-state index is 12.3. The fourth-order valence-corrected chi connectivity index (χ4v) is 2.14. The maximum absolute atomic E-state index is 12.3. The predicted octanol–water partition coefficient (Wildman–Crippen LogP) is 2.41. The van der Waals surface area contributed by atoms with Crippen molar-refractivity contribution >= 4 is 33.8 Å². The van der Waals surface area contributed by atoms with Crippen molar-refractivity contribution in [3.63, 3.8) is 0 Å². The number of hydrazone groups is 1. The molecule has 0 saturated carbocycles. The second-order valence-electron chi connectivity index (χ2n) is 4.07. The summed E-state index contributed by atoms with van der Waals surface area (Å²) < 4.78 is 0. The van der Waals surface area contributed by atoms with Crippen molar-refractivity contribution in [1.29, 1.82) is 0 Å². The lowest BCUT2D eigenvalue weighted by Crippen LogP contribution is -2.29. The fraction of sp³-hybridized carbons (Fsp3) is 0.167. The van der Waals surface area contributed by atoms with Crippen molar-refractivity contribution in [2.45, 2.75) is 13.0 Å². The van der Waals surface area contributed by atoms with E-state index in [4.69, 9.17) is 0 Å². The number of nitrogens with zero attached hydrogens (tertiary/aromatic N) is 6. The third-order valence-corrected chi connectivity index (χ3v) is 3.28. The van der Waals surface area contributed by atoms with Gasteiger partial charge in [-0.15, -0.1) is 15.3 Å². The minimum Gasteiger partial charge on any atom is -0.269 e. The summed E-state index contributed by atoms with van der Waals surface area (Å²) in [5.74, 6) is -0.220. The first-order chi connectivity index (χ1) is 9.75. The summed E-state index contributed by atoms with van der Waals surface area (Å²) >= 11 is 1.26. The van der Waals surface area contributed by atoms with E-state index in [2.05, 4.69) is 25.5 Å². The standard InChI is InChI=1S/C12H10N6OS/c1-8-10(14-16-12-15-13-7-20-12)11(19)18(17-8)9-5-3-2-4-6-9/h2-7,10H,1H3. The molecule has 1 amide bonds. The van der Waals surface area contributed by atoms with Crippen molar-refractivity contribution < 1.29 is 4.79 Å². The molecule has 1 aromatic heterocycles. The van der Waals surface area contributed by atoms with E-state index >= 15 is 0 Å². The van der Waals surface area contributed by atoms with Crippen LogP contribution in [0.4, 0.5) is 10.8 Å². The predicted molar refractivity (Wildman–Crippen MR) is 75.3 cm³/mol. The van der Waals surface area contributed by atoms with Crippen LogP contribution in [-0.4, -0.2) is 27.9 Å². The number of amides is 1. The first-order valence-electron chi connectivity index (χ1n) is 5.87. The molecule has 0 aliphatic carbocycles. The molecule has 1 aliphatic rings. The molecule has 0 saturated heterocycles. The minimum absolute atomic E-state index is 0.220. The van der Waals surface area contributed by atoms with Gasteiger partial charge in [-0.3, -0.25) is 4.79 Å². The van der Waals surface area contributed by atoms with Gasteiger partial charge in [0.2, 0.25) is 0 Å². The van der Waals surface area contributed by atoms with Crippen LogP contribution in [0.15, 0.2) is 51.2 Å². The highest BCUT2D eigenvalue weighted by molar-refractivity contribution is 7.13. The number of benzene rings is 1. The first-order valence-corrected chi connectivity index (χ1v) is 6.75. The molecule has 1 aromatic carbocycles. The van der Waals surface area contributed by atoms with Gasteiger partial charge in [0.15, 0.2) is 6.04 Å². The van der Waals surface area contributed by atoms with E-state index in [1.54, 1.807) is 12.4 Å². The number of carbonyl (C=O) groups is 1. The second-order valence-corrected chi connectivity index (χ2v) is 4.88. The molecule has 1 atom stereocenters. The Labute approximate surface area is 118 Å². The number of aromatic nitrogens is 2. The Morgan fingerprint density at radius 1 is 1.30 bits per heavy atom. The van der Waals surface area contributed by atoms with Crippen LogP contribution < -0.4 is 5.01 Å². The number of azo groups is 1. The SMILES string of the molecule is CC1=NN(c2ccccc2)C(=O)C1N=Nc1nncs1. The Morgan fingerprint density at radius 2 is 2.10 bits per heavy atom. The van der Waals surface area contributed by atoms with E-state index < -0.39 is 6.04 Å². The highest BCUT2D eigenvalue weighted by Gasteiger charge is 2.34. The summed E-state index contributed by atoms with van der Waals surface area (Å²) in [5.41, 5.74) is 2.87. The van der Waals surface area contributed by atoms with Gasteiger partial charge in [-0.25, -0.2) is 0 Å². The van der Waals surface area contributed by atoms with Crippen molar-refractivity contribution in [1.82, 2.24) is 10.2 Å². The van der Waals surface area contributed by atoms with Gasteiger partial charge in [0, 0.05) is 0 Å². The number of rotatable bonds is 3. The number of carbonyl (C=O) groups excluding carboxylic acids is 1. The third-order valence-electron chi connectivity index (χ3n) is 2.70. The van der Waals surface area contributed by atoms with Gasteiger partial charge in [-0.2, -0.15) is 15.2 Å². The van der Waals surface area contributed by atoms with Crippen LogP contribution in [0.2, 0.25) is 0 Å². The highest BCUT2D eigenvalue weighted by Crippen LogP contribution is 2.23. The summed E-state index contributed by atoms with van der Waals surface area (Å²) in [6.45, 7) is 1.75. The number of hydrogen-bond acceptors (Lipinski definition) is 7. The molecule has 1 unspecified atom stereocenters. The summed E-state index contributed by atoms with van der Waals surface area (Å²) in [6.07, 6.45) is 0. The van der Waals surface area contributed by atoms with Crippen molar-refractivity contribution in [2.75, 3.05) is 5.01 Å². The van der Waals surface area contributed by atoms with E-state index in [-0.39, 0.29) is 5.91 Å². The highest BCUT2D eigenvalue weighted by atomic mass is 32.1. The lowest BCUT2D eigenvalue weighted by Gasteiger charge is -2.11. The van der Waals surface area contributed by atoms with Crippen LogP contribution in [-0.2, 0) is 4.79 Å². The summed E-state index contributed by atoms with van der Waals surface area (Å²) in [7, 11) is 0. The van der Waals surface area contributed by atoms with Gasteiger partial charge in [-0.1, -0.05) is 29.5 Å². The minimum atomic E-state index is -0.695. The average Bonchev–Trinajstić information content (AvgIpc) is 3.07. The Balaban J connectivity index is 1.82. The van der Waals surface area contributed by atoms with E-state index in [1.165, 1.54) is 16.3 Å². The molecule has 8 heteroatoms. The lowest BCUT2D eigenvalue weighted by molar-refractivity contribution is -0.117. The van der Waals surface area contributed by atoms with Gasteiger partial charge < -0.3 is 0 Å². The Bertz CT molecular complexity index is 667. The topological polar surface area (TPSA) is 83.2 Å². The third kappa shape index (κ3) is 2.32. The van der Waals surface area contributed by atoms with E-state index in [0.717, 1.165) is 0 Å². The van der Waals surface area contributed by atoms with Gasteiger partial charge in [0.05, 0.1) is 11.4 Å². The van der Waals surface area contributed by atoms with E-state index in [1.807, 2.05) is 30.3 Å². The Morgan fingerprint density at radius 3 is 2.80 bits per heavy atom. The van der Waals surface area contributed by atoms with Crippen LogP contribution in [0.3, 0.4) is 0 Å². The Kier molecular flexibility index (Phi) is 3.30. The summed E-state index contributed by atoms with van der Waals surface area (Å²) in [4.78, 5) is 12.3. The van der Waals surface area contributed by atoms with Crippen molar-refractivity contribution in [3.05, 3.63) is 35.8 Å². The molecule has 1 aliphatic heterocycles. The molecule has 0 N–H and O–H groups in total. The zero-order valence-corrected chi connectivity index (χ0v) is 11.4. The van der Waals surface area contributed by atoms with Crippen LogP contribution in [0.1, 0.15) is 6.92 Å². The monoisotopic (exact) mass is 286 g/mol. The van der Waals surface area contributed by atoms with Gasteiger partial charge >= 0.3 is 0 Å². The molecule has 0 fully saturated rings. The molecular formula is C12H10N6OS. The quantitative estimate of drug-likeness (QED) is 0.812. The van der Waals surface area contributed by atoms with Crippen LogP contribution in [0, 0.1) is 0 Å². The van der Waals surface area contributed by atoms with Crippen molar-refractivity contribution in [3.8, 4) is 0 Å². The average molecular weight is 286 g/mol. The van der Waals surface area contributed by atoms with Gasteiger partial charge in [-0.05, 0) is 19.1 Å². The molecule has 20 heavy (non-hydrogen) atoms. The molecule has 2 heterocycles. The molecule has 100 valence electrons. The molecule has 7 nitrogen and oxygen atoms in total. The van der Waals surface area contributed by atoms with E-state index in [9.17, 15) is 4.79 Å². The molecule has 3 rings (SSSR count). The molecule has 2 aromatic rings. The number of hydrogen-bond donors (Lipinski definition) is 0. The fourth-order valence-electron chi connectivity index (χ4n) is 1.76. The first kappa shape index (κ1) is 12.5. The zero-order chi connectivity index (χ0) is 13.9. The van der Waals surface area contributed by atoms with Crippen LogP contribution in [0.5, 0.6) is 0 Å². The molecule has 0 spiro atoms. The zero-order valence-electron chi connectivity index (χ0n) is 10.5. The number of para-hydroxylation sites is 1. The smallest absolute Gasteiger partial charge is 0.269 e.